The van der Waals surface area contributed by atoms with Crippen molar-refractivity contribution in [3.8, 4) is 11.3 Å². The first-order chi connectivity index (χ1) is 22.7. The van der Waals surface area contributed by atoms with Crippen LogP contribution >= 0.6 is 0 Å². The van der Waals surface area contributed by atoms with E-state index in [1.807, 2.05) is 66.7 Å². The smallest absolute Gasteiger partial charge is 0.276 e. The fraction of sp³-hybridized carbons (Fsp3) is 0.263. The Hall–Kier alpha value is -4.57. The third kappa shape index (κ3) is 7.54. The lowest BCUT2D eigenvalue weighted by atomic mass is 9.83. The number of fused-ring (bicyclic) bond motifs is 1. The lowest BCUT2D eigenvalue weighted by Gasteiger charge is -2.23. The van der Waals surface area contributed by atoms with E-state index in [0.717, 1.165) is 33.4 Å². The molecule has 0 bridgehead atoms. The van der Waals surface area contributed by atoms with Gasteiger partial charge in [0.1, 0.15) is 11.3 Å². The van der Waals surface area contributed by atoms with Crippen molar-refractivity contribution in [2.24, 2.45) is 5.73 Å². The second-order valence-corrected chi connectivity index (χ2v) is 13.9. The van der Waals surface area contributed by atoms with Gasteiger partial charge in [0.05, 0.1) is 5.92 Å². The second kappa shape index (κ2) is 14.0. The largest absolute Gasteiger partial charge is 0.456 e. The molecule has 2 unspecified atom stereocenters. The summed E-state index contributed by atoms with van der Waals surface area (Å²) in [4.78, 5) is 26.6. The molecule has 1 aliphatic carbocycles. The summed E-state index contributed by atoms with van der Waals surface area (Å²) in [6, 6.07) is 32.1. The average molecular weight is 651 g/mol. The van der Waals surface area contributed by atoms with E-state index in [-0.39, 0.29) is 11.5 Å². The van der Waals surface area contributed by atoms with E-state index in [2.05, 4.69) is 17.4 Å². The normalized spacial score (nSPS) is 15.3. The van der Waals surface area contributed by atoms with Gasteiger partial charge in [0.15, 0.2) is 11.0 Å². The number of benzene rings is 4. The third-order valence-corrected chi connectivity index (χ3v) is 10.3. The molecule has 0 aliphatic heterocycles. The van der Waals surface area contributed by atoms with E-state index in [0.29, 0.717) is 18.0 Å². The van der Waals surface area contributed by atoms with E-state index in [1.165, 1.54) is 49.8 Å². The van der Waals surface area contributed by atoms with Crippen molar-refractivity contribution >= 4 is 38.5 Å². The molecule has 6 rings (SSSR count). The first kappa shape index (κ1) is 32.4. The maximum absolute atomic E-state index is 13.9. The molecule has 0 radical (unpaired) electrons. The first-order valence-electron chi connectivity index (χ1n) is 16.0. The second-order valence-electron chi connectivity index (χ2n) is 12.3. The van der Waals surface area contributed by atoms with Crippen LogP contribution in [0, 0.1) is 0 Å². The fourth-order valence-corrected chi connectivity index (χ4v) is 7.11. The number of Topliss-reactive ketones (excluding diaryl/α,β-unsaturated/α-hetero) is 1. The molecule has 8 nitrogen and oxygen atoms in total. The minimum Gasteiger partial charge on any atom is -0.456 e. The van der Waals surface area contributed by atoms with Gasteiger partial charge in [-0.25, -0.2) is 0 Å². The lowest BCUT2D eigenvalue weighted by Crippen LogP contribution is -2.36. The summed E-state index contributed by atoms with van der Waals surface area (Å²) in [7, 11) is -4.64. The minimum atomic E-state index is -4.64. The summed E-state index contributed by atoms with van der Waals surface area (Å²) >= 11 is 0. The van der Waals surface area contributed by atoms with Crippen molar-refractivity contribution in [2.45, 2.75) is 55.6 Å². The Morgan fingerprint density at radius 3 is 2.19 bits per heavy atom. The zero-order valence-electron chi connectivity index (χ0n) is 26.0. The quantitative estimate of drug-likeness (QED) is 0.0993. The summed E-state index contributed by atoms with van der Waals surface area (Å²) < 4.78 is 38.7. The van der Waals surface area contributed by atoms with Crippen LogP contribution in [0.2, 0.25) is 0 Å². The maximum atomic E-state index is 13.9. The SMILES string of the molecule is NCC(C(=O)c1ccc(CC(C(=O)Nc2ccc(-c3cc4ccccc4o3)cc2)c2ccc(C3CCCCC3)cc2)cc1)S(=O)(=O)O. The number of nitrogens with two attached hydrogens (primary N) is 1. The molecule has 0 saturated heterocycles. The van der Waals surface area contributed by atoms with Crippen molar-refractivity contribution in [3.05, 3.63) is 125 Å². The number of hydrogen-bond acceptors (Lipinski definition) is 6. The van der Waals surface area contributed by atoms with Crippen LogP contribution in [0.1, 0.15) is 71.0 Å². The topological polar surface area (TPSA) is 140 Å². The predicted octanol–water partition coefficient (Wildman–Crippen LogP) is 7.51. The molecule has 1 saturated carbocycles. The molecule has 4 aromatic carbocycles. The van der Waals surface area contributed by atoms with Crippen molar-refractivity contribution in [1.29, 1.82) is 0 Å². The molecule has 0 spiro atoms. The molecule has 2 atom stereocenters. The molecule has 9 heteroatoms. The van der Waals surface area contributed by atoms with Crippen molar-refractivity contribution in [2.75, 3.05) is 11.9 Å². The van der Waals surface area contributed by atoms with Gasteiger partial charge in [0.25, 0.3) is 10.1 Å². The Kier molecular flexibility index (Phi) is 9.68. The highest BCUT2D eigenvalue weighted by molar-refractivity contribution is 7.87. The molecule has 1 aromatic heterocycles. The number of anilines is 1. The van der Waals surface area contributed by atoms with Crippen molar-refractivity contribution in [1.82, 2.24) is 0 Å². The minimum absolute atomic E-state index is 0.115. The number of ketones is 1. The number of hydrogen-bond donors (Lipinski definition) is 3. The molecule has 1 aliphatic rings. The number of rotatable bonds is 11. The molecule has 47 heavy (non-hydrogen) atoms. The van der Waals surface area contributed by atoms with Gasteiger partial charge in [-0.15, -0.1) is 0 Å². The van der Waals surface area contributed by atoms with Gasteiger partial charge in [0, 0.05) is 28.7 Å². The standard InChI is InChI=1S/C38H38N2O6S/c39-24-36(47(43,44)45)37(41)30-12-10-25(11-13-30)22-33(28-16-14-27(15-17-28)26-6-2-1-3-7-26)38(42)40-32-20-18-29(19-21-32)35-23-31-8-4-5-9-34(31)46-35/h4-5,8-21,23,26,33,36H,1-3,6-7,22,24,39H2,(H,40,42)(H,43,44,45). The van der Waals surface area contributed by atoms with Crippen LogP contribution in [0.5, 0.6) is 0 Å². The average Bonchev–Trinajstić information content (AvgIpc) is 3.52. The van der Waals surface area contributed by atoms with Crippen LogP contribution in [0.15, 0.2) is 108 Å². The van der Waals surface area contributed by atoms with Crippen LogP contribution in [-0.2, 0) is 21.3 Å². The highest BCUT2D eigenvalue weighted by Crippen LogP contribution is 2.34. The van der Waals surface area contributed by atoms with E-state index in [1.54, 1.807) is 12.1 Å². The number of nitrogens with one attached hydrogen (secondary N) is 1. The summed E-state index contributed by atoms with van der Waals surface area (Å²) in [6.45, 7) is -0.530. The number of amides is 1. The van der Waals surface area contributed by atoms with Crippen LogP contribution < -0.4 is 11.1 Å². The van der Waals surface area contributed by atoms with E-state index in [4.69, 9.17) is 10.2 Å². The maximum Gasteiger partial charge on any atom is 0.276 e. The van der Waals surface area contributed by atoms with Gasteiger partial charge in [0.2, 0.25) is 5.91 Å². The van der Waals surface area contributed by atoms with E-state index < -0.39 is 33.6 Å². The van der Waals surface area contributed by atoms with Crippen molar-refractivity contribution < 1.29 is 27.0 Å². The molecular weight excluding hydrogens is 612 g/mol. The molecule has 4 N–H and O–H groups in total. The Morgan fingerprint density at radius 1 is 0.872 bits per heavy atom. The van der Waals surface area contributed by atoms with Gasteiger partial charge in [-0.05, 0) is 78.3 Å². The zero-order valence-corrected chi connectivity index (χ0v) is 26.8. The van der Waals surface area contributed by atoms with Crippen LogP contribution in [0.25, 0.3) is 22.3 Å². The van der Waals surface area contributed by atoms with Crippen LogP contribution in [0.4, 0.5) is 5.69 Å². The Bertz CT molecular complexity index is 1930. The monoisotopic (exact) mass is 650 g/mol. The summed E-state index contributed by atoms with van der Waals surface area (Å²) in [5.41, 5.74) is 10.9. The molecule has 242 valence electrons. The first-order valence-corrected chi connectivity index (χ1v) is 17.5. The summed E-state index contributed by atoms with van der Waals surface area (Å²) in [5.74, 6) is -0.208. The summed E-state index contributed by atoms with van der Waals surface area (Å²) in [5, 5.41) is 2.37. The number of carbonyl (C=O) groups excluding carboxylic acids is 2. The fourth-order valence-electron chi connectivity index (χ4n) is 6.46. The third-order valence-electron chi connectivity index (χ3n) is 9.14. The van der Waals surface area contributed by atoms with Gasteiger partial charge in [-0.3, -0.25) is 14.1 Å². The molecule has 1 fully saturated rings. The van der Waals surface area contributed by atoms with Gasteiger partial charge >= 0.3 is 0 Å². The zero-order chi connectivity index (χ0) is 33.0. The van der Waals surface area contributed by atoms with E-state index in [9.17, 15) is 22.6 Å². The highest BCUT2D eigenvalue weighted by Gasteiger charge is 2.30. The predicted molar refractivity (Wildman–Crippen MR) is 184 cm³/mol. The molecule has 1 heterocycles. The van der Waals surface area contributed by atoms with Gasteiger partial charge < -0.3 is 15.5 Å². The van der Waals surface area contributed by atoms with Gasteiger partial charge in [-0.2, -0.15) is 8.42 Å². The molecule has 5 aromatic rings. The van der Waals surface area contributed by atoms with Crippen LogP contribution in [0.3, 0.4) is 0 Å². The Morgan fingerprint density at radius 2 is 1.55 bits per heavy atom. The molecular formula is C38H38N2O6S. The summed E-state index contributed by atoms with van der Waals surface area (Å²) in [6.07, 6.45) is 6.46. The lowest BCUT2D eigenvalue weighted by molar-refractivity contribution is -0.117. The number of para-hydroxylation sites is 1. The van der Waals surface area contributed by atoms with Crippen molar-refractivity contribution in [3.63, 3.8) is 0 Å². The number of carbonyl (C=O) groups is 2. The van der Waals surface area contributed by atoms with Gasteiger partial charge in [-0.1, -0.05) is 86.0 Å². The highest BCUT2D eigenvalue weighted by atomic mass is 32.2. The Balaban J connectivity index is 1.23. The van der Waals surface area contributed by atoms with E-state index >= 15 is 0 Å². The molecule has 1 amide bonds. The van der Waals surface area contributed by atoms with Crippen LogP contribution in [-0.4, -0.2) is 36.5 Å². The number of furan rings is 1. The Labute approximate surface area is 274 Å².